The molecule has 0 aliphatic rings. The highest BCUT2D eigenvalue weighted by Crippen LogP contribution is 2.13. The molecule has 1 N–H and O–H groups in total. The normalized spacial score (nSPS) is 12.0. The Bertz CT molecular complexity index is 765. The largest absolute Gasteiger partial charge is 0.381 e. The first kappa shape index (κ1) is 15.5. The Morgan fingerprint density at radius 2 is 1.74 bits per heavy atom. The summed E-state index contributed by atoms with van der Waals surface area (Å²) in [4.78, 5) is 0.858. The molecule has 23 heavy (non-hydrogen) atoms. The van der Waals surface area contributed by atoms with Crippen LogP contribution in [0.2, 0.25) is 0 Å². The Kier molecular flexibility index (Phi) is 4.88. The number of rotatable bonds is 6. The molecule has 0 bridgehead atoms. The van der Waals surface area contributed by atoms with Crippen LogP contribution in [0.1, 0.15) is 11.1 Å². The number of nitrogens with zero attached hydrogens (tertiary/aromatic N) is 2. The summed E-state index contributed by atoms with van der Waals surface area (Å²) >= 11 is 0. The van der Waals surface area contributed by atoms with Gasteiger partial charge in [-0.1, -0.05) is 24.3 Å². The fraction of sp³-hybridized carbons (Fsp3) is 0.167. The van der Waals surface area contributed by atoms with Gasteiger partial charge < -0.3 is 5.32 Å². The van der Waals surface area contributed by atoms with Crippen LogP contribution < -0.4 is 5.32 Å². The third kappa shape index (κ3) is 4.29. The molecular formula is C18H19N3OS. The van der Waals surface area contributed by atoms with Crippen LogP contribution in [0.25, 0.3) is 0 Å². The summed E-state index contributed by atoms with van der Waals surface area (Å²) in [6.45, 7) is 1.53. The maximum atomic E-state index is 11.4. The Labute approximate surface area is 138 Å². The molecular weight excluding hydrogens is 306 g/mol. The first-order valence-corrected chi connectivity index (χ1v) is 8.99. The number of aromatic nitrogens is 2. The van der Waals surface area contributed by atoms with Gasteiger partial charge in [-0.2, -0.15) is 5.10 Å². The van der Waals surface area contributed by atoms with E-state index in [9.17, 15) is 4.21 Å². The molecule has 0 spiro atoms. The van der Waals surface area contributed by atoms with Gasteiger partial charge in [-0.05, 0) is 41.5 Å². The third-order valence-corrected chi connectivity index (χ3v) is 4.55. The highest BCUT2D eigenvalue weighted by molar-refractivity contribution is 7.84. The average molecular weight is 325 g/mol. The van der Waals surface area contributed by atoms with Crippen molar-refractivity contribution in [2.75, 3.05) is 11.6 Å². The summed E-state index contributed by atoms with van der Waals surface area (Å²) in [5, 5.41) is 7.61. The molecule has 0 saturated carbocycles. The van der Waals surface area contributed by atoms with Gasteiger partial charge in [0.15, 0.2) is 0 Å². The zero-order valence-electron chi connectivity index (χ0n) is 13.0. The predicted molar refractivity (Wildman–Crippen MR) is 93.9 cm³/mol. The predicted octanol–water partition coefficient (Wildman–Crippen LogP) is 3.28. The summed E-state index contributed by atoms with van der Waals surface area (Å²) in [6.07, 6.45) is 5.44. The molecule has 118 valence electrons. The first-order valence-electron chi connectivity index (χ1n) is 7.43. The number of benzene rings is 2. The smallest absolute Gasteiger partial charge is 0.0659 e. The molecule has 0 radical (unpaired) electrons. The second-order valence-electron chi connectivity index (χ2n) is 5.35. The molecule has 1 atom stereocenters. The molecule has 2 aromatic carbocycles. The number of nitrogens with one attached hydrogen (secondary N) is 1. The van der Waals surface area contributed by atoms with Crippen LogP contribution in [0, 0.1) is 0 Å². The van der Waals surface area contributed by atoms with Crippen molar-refractivity contribution in [3.63, 3.8) is 0 Å². The SMILES string of the molecule is CS(=O)c1ccc(CNc2ccc(Cn3cccn3)cc2)cc1. The summed E-state index contributed by atoms with van der Waals surface area (Å²) in [7, 11) is -0.921. The van der Waals surface area contributed by atoms with Crippen LogP contribution in [0.4, 0.5) is 5.69 Å². The van der Waals surface area contributed by atoms with E-state index in [1.54, 1.807) is 12.5 Å². The molecule has 3 aromatic rings. The van der Waals surface area contributed by atoms with E-state index in [0.29, 0.717) is 0 Å². The van der Waals surface area contributed by atoms with Crippen molar-refractivity contribution in [1.82, 2.24) is 9.78 Å². The van der Waals surface area contributed by atoms with Crippen LogP contribution >= 0.6 is 0 Å². The van der Waals surface area contributed by atoms with Gasteiger partial charge in [-0.15, -0.1) is 0 Å². The Hall–Kier alpha value is -2.40. The molecule has 1 heterocycles. The topological polar surface area (TPSA) is 46.9 Å². The third-order valence-electron chi connectivity index (χ3n) is 3.61. The molecule has 0 saturated heterocycles. The van der Waals surface area contributed by atoms with Gasteiger partial charge in [0.05, 0.1) is 6.54 Å². The molecule has 0 amide bonds. The molecule has 1 unspecified atom stereocenters. The monoisotopic (exact) mass is 325 g/mol. The van der Waals surface area contributed by atoms with Crippen molar-refractivity contribution in [1.29, 1.82) is 0 Å². The van der Waals surface area contributed by atoms with E-state index in [4.69, 9.17) is 0 Å². The van der Waals surface area contributed by atoms with Gasteiger partial charge >= 0.3 is 0 Å². The highest BCUT2D eigenvalue weighted by atomic mass is 32.2. The van der Waals surface area contributed by atoms with Crippen molar-refractivity contribution in [2.45, 2.75) is 18.0 Å². The summed E-state index contributed by atoms with van der Waals surface area (Å²) < 4.78 is 13.3. The molecule has 3 rings (SSSR count). The van der Waals surface area contributed by atoms with Crippen molar-refractivity contribution >= 4 is 16.5 Å². The molecule has 4 nitrogen and oxygen atoms in total. The fourth-order valence-electron chi connectivity index (χ4n) is 2.31. The number of hydrogen-bond donors (Lipinski definition) is 1. The van der Waals surface area contributed by atoms with Crippen molar-refractivity contribution < 1.29 is 4.21 Å². The second-order valence-corrected chi connectivity index (χ2v) is 6.73. The first-order chi connectivity index (χ1) is 11.2. The quantitative estimate of drug-likeness (QED) is 0.756. The standard InChI is InChI=1S/C18H19N3OS/c1-23(22)18-9-5-15(6-10-18)13-19-17-7-3-16(4-8-17)14-21-12-2-11-20-21/h2-12,19H,13-14H2,1H3. The fourth-order valence-corrected chi connectivity index (χ4v) is 2.83. The minimum Gasteiger partial charge on any atom is -0.381 e. The van der Waals surface area contributed by atoms with E-state index in [0.717, 1.165) is 23.7 Å². The zero-order valence-corrected chi connectivity index (χ0v) is 13.8. The van der Waals surface area contributed by atoms with E-state index < -0.39 is 10.8 Å². The lowest BCUT2D eigenvalue weighted by atomic mass is 10.2. The van der Waals surface area contributed by atoms with Crippen molar-refractivity contribution in [3.05, 3.63) is 78.1 Å². The van der Waals surface area contributed by atoms with Gasteiger partial charge in [-0.3, -0.25) is 8.89 Å². The van der Waals surface area contributed by atoms with Gasteiger partial charge in [0, 0.05) is 46.6 Å². The van der Waals surface area contributed by atoms with E-state index in [1.165, 1.54) is 11.1 Å². The van der Waals surface area contributed by atoms with Gasteiger partial charge in [0.1, 0.15) is 0 Å². The average Bonchev–Trinajstić information content (AvgIpc) is 3.07. The van der Waals surface area contributed by atoms with Crippen LogP contribution in [0.5, 0.6) is 0 Å². The molecule has 0 aliphatic heterocycles. The van der Waals surface area contributed by atoms with Crippen molar-refractivity contribution in [3.8, 4) is 0 Å². The van der Waals surface area contributed by atoms with E-state index in [-0.39, 0.29) is 0 Å². The lowest BCUT2D eigenvalue weighted by molar-refractivity contribution is 0.686. The number of anilines is 1. The lowest BCUT2D eigenvalue weighted by Crippen LogP contribution is -2.02. The number of hydrogen-bond acceptors (Lipinski definition) is 3. The van der Waals surface area contributed by atoms with Crippen molar-refractivity contribution in [2.24, 2.45) is 0 Å². The maximum absolute atomic E-state index is 11.4. The van der Waals surface area contributed by atoms with E-state index in [1.807, 2.05) is 41.2 Å². The zero-order chi connectivity index (χ0) is 16.1. The summed E-state index contributed by atoms with van der Waals surface area (Å²) in [5.41, 5.74) is 3.46. The van der Waals surface area contributed by atoms with Crippen LogP contribution in [0.15, 0.2) is 71.9 Å². The minimum atomic E-state index is -0.921. The minimum absolute atomic E-state index is 0.745. The van der Waals surface area contributed by atoms with Gasteiger partial charge in [0.2, 0.25) is 0 Å². The summed E-state index contributed by atoms with van der Waals surface area (Å²) in [5.74, 6) is 0. The van der Waals surface area contributed by atoms with E-state index in [2.05, 4.69) is 34.7 Å². The Balaban J connectivity index is 1.56. The molecule has 5 heteroatoms. The van der Waals surface area contributed by atoms with E-state index >= 15 is 0 Å². The van der Waals surface area contributed by atoms with Crippen LogP contribution in [-0.2, 0) is 23.9 Å². The Morgan fingerprint density at radius 1 is 1.04 bits per heavy atom. The molecule has 0 aliphatic carbocycles. The van der Waals surface area contributed by atoms with Gasteiger partial charge in [0.25, 0.3) is 0 Å². The van der Waals surface area contributed by atoms with Crippen LogP contribution in [0.3, 0.4) is 0 Å². The maximum Gasteiger partial charge on any atom is 0.0659 e. The molecule has 1 aromatic heterocycles. The highest BCUT2D eigenvalue weighted by Gasteiger charge is 1.99. The summed E-state index contributed by atoms with van der Waals surface area (Å²) in [6, 6.07) is 18.1. The lowest BCUT2D eigenvalue weighted by Gasteiger charge is -2.08. The van der Waals surface area contributed by atoms with Crippen LogP contribution in [-0.4, -0.2) is 20.2 Å². The second kappa shape index (κ2) is 7.24. The molecule has 0 fully saturated rings. The van der Waals surface area contributed by atoms with Gasteiger partial charge in [-0.25, -0.2) is 0 Å². The Morgan fingerprint density at radius 3 is 2.35 bits per heavy atom.